The Morgan fingerprint density at radius 2 is 1.86 bits per heavy atom. The highest BCUT2D eigenvalue weighted by atomic mass is 35.5. The summed E-state index contributed by atoms with van der Waals surface area (Å²) in [5.74, 6) is -0.687. The smallest absolute Gasteiger partial charge is 0.416 e. The van der Waals surface area contributed by atoms with Gasteiger partial charge in [0.25, 0.3) is 0 Å². The standard InChI is InChI=1S/C12H7Cl2F3N2O2/c1-21-11(20)9-2-3-19(18-9)10-7(13)4-6(5-8(10)14)12(15,16)17/h2-5H,1H3. The van der Waals surface area contributed by atoms with Crippen LogP contribution >= 0.6 is 23.2 Å². The zero-order valence-electron chi connectivity index (χ0n) is 10.4. The molecular formula is C12H7Cl2F3N2O2. The molecule has 0 N–H and O–H groups in total. The van der Waals surface area contributed by atoms with Crippen molar-refractivity contribution in [2.24, 2.45) is 0 Å². The summed E-state index contributed by atoms with van der Waals surface area (Å²) in [5.41, 5.74) is -0.951. The minimum Gasteiger partial charge on any atom is -0.464 e. The number of hydrogen-bond donors (Lipinski definition) is 0. The van der Waals surface area contributed by atoms with E-state index in [1.807, 2.05) is 0 Å². The molecule has 0 unspecified atom stereocenters. The fourth-order valence-electron chi connectivity index (χ4n) is 1.61. The summed E-state index contributed by atoms with van der Waals surface area (Å²) < 4.78 is 43.5. The first kappa shape index (κ1) is 15.7. The number of carbonyl (C=O) groups excluding carboxylic acids is 1. The summed E-state index contributed by atoms with van der Waals surface area (Å²) >= 11 is 11.7. The Morgan fingerprint density at radius 1 is 1.29 bits per heavy atom. The maximum atomic E-state index is 12.6. The second-order valence-corrected chi connectivity index (χ2v) is 4.74. The van der Waals surface area contributed by atoms with Gasteiger partial charge in [0.15, 0.2) is 5.69 Å². The van der Waals surface area contributed by atoms with E-state index < -0.39 is 17.7 Å². The van der Waals surface area contributed by atoms with Crippen molar-refractivity contribution in [1.29, 1.82) is 0 Å². The number of methoxy groups -OCH3 is 1. The first-order valence-corrected chi connectivity index (χ1v) is 6.20. The fourth-order valence-corrected chi connectivity index (χ4v) is 2.27. The SMILES string of the molecule is COC(=O)c1ccn(-c2c(Cl)cc(C(F)(F)F)cc2Cl)n1. The van der Waals surface area contributed by atoms with E-state index in [-0.39, 0.29) is 21.4 Å². The molecule has 2 rings (SSSR count). The Kier molecular flexibility index (Phi) is 4.15. The minimum atomic E-state index is -4.56. The van der Waals surface area contributed by atoms with Gasteiger partial charge in [0.1, 0.15) is 5.69 Å². The van der Waals surface area contributed by atoms with Gasteiger partial charge in [-0.1, -0.05) is 23.2 Å². The first-order chi connectivity index (χ1) is 9.74. The largest absolute Gasteiger partial charge is 0.464 e. The van der Waals surface area contributed by atoms with Crippen molar-refractivity contribution in [3.63, 3.8) is 0 Å². The number of hydrogen-bond acceptors (Lipinski definition) is 3. The van der Waals surface area contributed by atoms with Gasteiger partial charge >= 0.3 is 12.1 Å². The Labute approximate surface area is 127 Å². The third kappa shape index (κ3) is 3.14. The monoisotopic (exact) mass is 338 g/mol. The zero-order chi connectivity index (χ0) is 15.8. The molecule has 0 fully saturated rings. The maximum absolute atomic E-state index is 12.6. The van der Waals surface area contributed by atoms with Crippen molar-refractivity contribution < 1.29 is 22.7 Å². The van der Waals surface area contributed by atoms with Crippen LogP contribution in [0.25, 0.3) is 5.69 Å². The lowest BCUT2D eigenvalue weighted by Crippen LogP contribution is -2.08. The summed E-state index contributed by atoms with van der Waals surface area (Å²) in [7, 11) is 1.18. The lowest BCUT2D eigenvalue weighted by molar-refractivity contribution is -0.137. The van der Waals surface area contributed by atoms with Crippen molar-refractivity contribution in [1.82, 2.24) is 9.78 Å². The summed E-state index contributed by atoms with van der Waals surface area (Å²) in [6.07, 6.45) is -3.22. The molecule has 0 spiro atoms. The molecule has 0 aliphatic heterocycles. The van der Waals surface area contributed by atoms with E-state index in [9.17, 15) is 18.0 Å². The highest BCUT2D eigenvalue weighted by Crippen LogP contribution is 2.37. The van der Waals surface area contributed by atoms with Gasteiger partial charge in [-0.2, -0.15) is 18.3 Å². The van der Waals surface area contributed by atoms with E-state index in [1.165, 1.54) is 19.4 Å². The predicted molar refractivity (Wildman–Crippen MR) is 69.9 cm³/mol. The van der Waals surface area contributed by atoms with Crippen molar-refractivity contribution >= 4 is 29.2 Å². The number of nitrogens with zero attached hydrogens (tertiary/aromatic N) is 2. The lowest BCUT2D eigenvalue weighted by Gasteiger charge is -2.12. The molecule has 1 aromatic heterocycles. The number of aromatic nitrogens is 2. The van der Waals surface area contributed by atoms with E-state index in [1.54, 1.807) is 0 Å². The van der Waals surface area contributed by atoms with Gasteiger partial charge in [0.05, 0.1) is 22.7 Å². The van der Waals surface area contributed by atoms with Gasteiger partial charge in [-0.3, -0.25) is 0 Å². The highest BCUT2D eigenvalue weighted by Gasteiger charge is 2.32. The topological polar surface area (TPSA) is 44.1 Å². The van der Waals surface area contributed by atoms with Gasteiger partial charge in [-0.05, 0) is 18.2 Å². The average Bonchev–Trinajstić information content (AvgIpc) is 2.85. The van der Waals surface area contributed by atoms with Crippen molar-refractivity contribution in [3.8, 4) is 5.69 Å². The van der Waals surface area contributed by atoms with Crippen LogP contribution in [0.15, 0.2) is 24.4 Å². The first-order valence-electron chi connectivity index (χ1n) is 5.44. The summed E-state index contributed by atoms with van der Waals surface area (Å²) in [5, 5.41) is 3.37. The third-order valence-electron chi connectivity index (χ3n) is 2.56. The molecule has 0 radical (unpaired) electrons. The Bertz CT molecular complexity index is 675. The number of esters is 1. The molecule has 9 heteroatoms. The van der Waals surface area contributed by atoms with Crippen molar-refractivity contribution in [2.75, 3.05) is 7.11 Å². The second kappa shape index (κ2) is 5.57. The number of benzene rings is 1. The molecule has 0 saturated carbocycles. The van der Waals surface area contributed by atoms with E-state index >= 15 is 0 Å². The number of carbonyl (C=O) groups is 1. The van der Waals surface area contributed by atoms with Crippen LogP contribution in [0.4, 0.5) is 13.2 Å². The van der Waals surface area contributed by atoms with Crippen LogP contribution in [-0.4, -0.2) is 22.9 Å². The van der Waals surface area contributed by atoms with Gasteiger partial charge in [-0.15, -0.1) is 0 Å². The fraction of sp³-hybridized carbons (Fsp3) is 0.167. The molecule has 1 heterocycles. The summed E-state index contributed by atoms with van der Waals surface area (Å²) in [6, 6.07) is 2.81. The number of ether oxygens (including phenoxy) is 1. The zero-order valence-corrected chi connectivity index (χ0v) is 11.9. The van der Waals surface area contributed by atoms with Crippen LogP contribution in [0.5, 0.6) is 0 Å². The van der Waals surface area contributed by atoms with E-state index in [2.05, 4.69) is 9.84 Å². The Balaban J connectivity index is 2.50. The average molecular weight is 339 g/mol. The van der Waals surface area contributed by atoms with Gasteiger partial charge < -0.3 is 4.74 Å². The van der Waals surface area contributed by atoms with E-state index in [0.717, 1.165) is 16.8 Å². The van der Waals surface area contributed by atoms with Crippen LogP contribution in [0.2, 0.25) is 10.0 Å². The van der Waals surface area contributed by atoms with Crippen LogP contribution < -0.4 is 0 Å². The molecule has 1 aromatic carbocycles. The van der Waals surface area contributed by atoms with Crippen LogP contribution in [-0.2, 0) is 10.9 Å². The van der Waals surface area contributed by atoms with Crippen LogP contribution in [0.1, 0.15) is 16.1 Å². The molecule has 0 bridgehead atoms. The number of halogens is 5. The molecule has 0 atom stereocenters. The molecule has 0 amide bonds. The van der Waals surface area contributed by atoms with E-state index in [4.69, 9.17) is 23.2 Å². The Morgan fingerprint density at radius 3 is 2.33 bits per heavy atom. The summed E-state index contributed by atoms with van der Waals surface area (Å²) in [6.45, 7) is 0. The second-order valence-electron chi connectivity index (χ2n) is 3.92. The maximum Gasteiger partial charge on any atom is 0.416 e. The van der Waals surface area contributed by atoms with Crippen LogP contribution in [0.3, 0.4) is 0 Å². The molecule has 4 nitrogen and oxygen atoms in total. The third-order valence-corrected chi connectivity index (χ3v) is 3.13. The molecule has 0 aliphatic carbocycles. The highest BCUT2D eigenvalue weighted by molar-refractivity contribution is 6.37. The lowest BCUT2D eigenvalue weighted by atomic mass is 10.2. The quantitative estimate of drug-likeness (QED) is 0.778. The molecule has 0 aliphatic rings. The summed E-state index contributed by atoms with van der Waals surface area (Å²) in [4.78, 5) is 11.3. The van der Waals surface area contributed by atoms with Gasteiger partial charge in [-0.25, -0.2) is 9.48 Å². The molecule has 21 heavy (non-hydrogen) atoms. The number of alkyl halides is 3. The molecule has 0 saturated heterocycles. The van der Waals surface area contributed by atoms with Gasteiger partial charge in [0.2, 0.25) is 0 Å². The minimum absolute atomic E-state index is 0.0236. The molecule has 112 valence electrons. The van der Waals surface area contributed by atoms with Crippen LogP contribution in [0, 0.1) is 0 Å². The molecular weight excluding hydrogens is 332 g/mol. The predicted octanol–water partition coefficient (Wildman–Crippen LogP) is 3.98. The number of rotatable bonds is 2. The van der Waals surface area contributed by atoms with E-state index in [0.29, 0.717) is 0 Å². The molecule has 2 aromatic rings. The Hall–Kier alpha value is -1.73. The normalized spacial score (nSPS) is 11.5. The van der Waals surface area contributed by atoms with Crippen molar-refractivity contribution in [2.45, 2.75) is 6.18 Å². The van der Waals surface area contributed by atoms with Crippen molar-refractivity contribution in [3.05, 3.63) is 45.7 Å². The van der Waals surface area contributed by atoms with Gasteiger partial charge in [0, 0.05) is 6.20 Å².